The Morgan fingerprint density at radius 3 is 2.43 bits per heavy atom. The fourth-order valence-corrected chi connectivity index (χ4v) is 4.00. The number of benzene rings is 2. The molecule has 2 amide bonds. The quantitative estimate of drug-likeness (QED) is 0.320. The molecule has 0 radical (unpaired) electrons. The predicted octanol–water partition coefficient (Wildman–Crippen LogP) is 3.06. The molecule has 1 atom stereocenters. The van der Waals surface area contributed by atoms with Gasteiger partial charge in [-0.25, -0.2) is 4.98 Å². The van der Waals surface area contributed by atoms with E-state index >= 15 is 0 Å². The van der Waals surface area contributed by atoms with Crippen molar-refractivity contribution < 1.29 is 29.0 Å². The molecule has 0 aliphatic rings. The van der Waals surface area contributed by atoms with Crippen molar-refractivity contribution in [1.82, 2.24) is 20.2 Å². The molecule has 2 aromatic carbocycles. The second kappa shape index (κ2) is 12.7. The normalized spacial score (nSPS) is 11.8. The number of methoxy groups -OCH3 is 1. The first-order valence-corrected chi connectivity index (χ1v) is 12.1. The van der Waals surface area contributed by atoms with Crippen molar-refractivity contribution in [2.24, 2.45) is 5.92 Å². The lowest BCUT2D eigenvalue weighted by molar-refractivity contribution is -0.139. The lowest BCUT2D eigenvalue weighted by Crippen LogP contribution is -2.32. The number of esters is 1. The number of rotatable bonds is 12. The van der Waals surface area contributed by atoms with Gasteiger partial charge in [0.25, 0.3) is 5.91 Å². The van der Waals surface area contributed by atoms with Crippen LogP contribution < -0.4 is 10.6 Å². The number of carboxylic acids is 1. The van der Waals surface area contributed by atoms with E-state index in [0.29, 0.717) is 29.9 Å². The van der Waals surface area contributed by atoms with Crippen LogP contribution >= 0.6 is 0 Å². The third-order valence-corrected chi connectivity index (χ3v) is 5.76. The van der Waals surface area contributed by atoms with Crippen LogP contribution in [0.1, 0.15) is 60.9 Å². The van der Waals surface area contributed by atoms with Gasteiger partial charge >= 0.3 is 11.9 Å². The van der Waals surface area contributed by atoms with Crippen LogP contribution in [0.2, 0.25) is 0 Å². The molecular weight excluding hydrogens is 476 g/mol. The minimum Gasteiger partial charge on any atom is -0.481 e. The lowest BCUT2D eigenvalue weighted by atomic mass is 10.0. The Morgan fingerprint density at radius 2 is 1.78 bits per heavy atom. The highest BCUT2D eigenvalue weighted by Gasteiger charge is 2.24. The van der Waals surface area contributed by atoms with Crippen LogP contribution in [-0.2, 0) is 25.7 Å². The maximum Gasteiger partial charge on any atom is 0.325 e. The molecule has 37 heavy (non-hydrogen) atoms. The highest BCUT2D eigenvalue weighted by molar-refractivity contribution is 5.98. The number of ether oxygens (including phenoxy) is 1. The molecule has 10 nitrogen and oxygen atoms in total. The maximum atomic E-state index is 12.6. The second-order valence-corrected chi connectivity index (χ2v) is 9.15. The number of carbonyl (C=O) groups excluding carboxylic acids is 3. The molecule has 196 valence electrons. The average molecular weight is 509 g/mol. The highest BCUT2D eigenvalue weighted by atomic mass is 16.5. The van der Waals surface area contributed by atoms with Crippen LogP contribution in [0.15, 0.2) is 48.5 Å². The molecule has 3 aromatic rings. The Bertz CT molecular complexity index is 1270. The van der Waals surface area contributed by atoms with Crippen molar-refractivity contribution in [3.63, 3.8) is 0 Å². The summed E-state index contributed by atoms with van der Waals surface area (Å²) in [5.41, 5.74) is 2.70. The Hall–Kier alpha value is -4.21. The summed E-state index contributed by atoms with van der Waals surface area (Å²) in [6, 6.07) is 14.4. The molecule has 1 heterocycles. The predicted molar refractivity (Wildman–Crippen MR) is 137 cm³/mol. The Balaban J connectivity index is 2.02. The van der Waals surface area contributed by atoms with Crippen molar-refractivity contribution >= 4 is 34.8 Å². The number of hydrogen-bond acceptors (Lipinski definition) is 6. The summed E-state index contributed by atoms with van der Waals surface area (Å²) in [5.74, 6) is -1.57. The first-order chi connectivity index (χ1) is 17.7. The number of fused-ring (bicyclic) bond motifs is 1. The minimum atomic E-state index is -1.04. The zero-order chi connectivity index (χ0) is 26.9. The highest BCUT2D eigenvalue weighted by Crippen LogP contribution is 2.27. The summed E-state index contributed by atoms with van der Waals surface area (Å²) >= 11 is 0. The van der Waals surface area contributed by atoms with Gasteiger partial charge in [-0.3, -0.25) is 19.2 Å². The van der Waals surface area contributed by atoms with Crippen LogP contribution in [0.4, 0.5) is 0 Å². The van der Waals surface area contributed by atoms with E-state index in [4.69, 9.17) is 10.1 Å². The summed E-state index contributed by atoms with van der Waals surface area (Å²) < 4.78 is 6.57. The van der Waals surface area contributed by atoms with Crippen LogP contribution in [-0.4, -0.2) is 52.1 Å². The standard InChI is InChI=1S/C27H32N4O6/c1-17(2)13-21(29-23(32)11-12-24(33)34)26-30-20-14-19(27(36)28-15-25(35)37-3)9-10-22(20)31(26)16-18-7-5-4-6-8-18/h4-10,14,17,21H,11-13,15-16H2,1-3H3,(H,28,36)(H,29,32)(H,33,34). The summed E-state index contributed by atoms with van der Waals surface area (Å²) in [7, 11) is 1.25. The molecule has 0 aliphatic carbocycles. The fraction of sp³-hybridized carbons (Fsp3) is 0.370. The Kier molecular flexibility index (Phi) is 9.37. The number of hydrogen-bond donors (Lipinski definition) is 3. The lowest BCUT2D eigenvalue weighted by Gasteiger charge is -2.22. The van der Waals surface area contributed by atoms with E-state index in [1.54, 1.807) is 18.2 Å². The van der Waals surface area contributed by atoms with E-state index in [1.165, 1.54) is 7.11 Å². The van der Waals surface area contributed by atoms with E-state index in [0.717, 1.165) is 11.1 Å². The number of nitrogens with zero attached hydrogens (tertiary/aromatic N) is 2. The van der Waals surface area contributed by atoms with Crippen molar-refractivity contribution in [3.8, 4) is 0 Å². The summed E-state index contributed by atoms with van der Waals surface area (Å²) in [6.45, 7) is 4.30. The molecule has 10 heteroatoms. The monoisotopic (exact) mass is 508 g/mol. The van der Waals surface area contributed by atoms with Gasteiger partial charge in [-0.15, -0.1) is 0 Å². The van der Waals surface area contributed by atoms with Crippen LogP contribution in [0.25, 0.3) is 11.0 Å². The zero-order valence-corrected chi connectivity index (χ0v) is 21.2. The molecule has 3 rings (SSSR count). The van der Waals surface area contributed by atoms with Gasteiger partial charge in [0.2, 0.25) is 5.91 Å². The van der Waals surface area contributed by atoms with E-state index < -0.39 is 23.9 Å². The number of aromatic nitrogens is 2. The van der Waals surface area contributed by atoms with Gasteiger partial charge in [0.1, 0.15) is 12.4 Å². The molecule has 0 saturated carbocycles. The maximum absolute atomic E-state index is 12.6. The SMILES string of the molecule is COC(=O)CNC(=O)c1ccc2c(c1)nc(C(CC(C)C)NC(=O)CCC(=O)O)n2Cc1ccccc1. The summed E-state index contributed by atoms with van der Waals surface area (Å²) in [5, 5.41) is 14.4. The number of carboxylic acid groups (broad SMARTS) is 1. The first-order valence-electron chi connectivity index (χ1n) is 12.1. The van der Waals surface area contributed by atoms with Gasteiger partial charge in [0, 0.05) is 18.5 Å². The van der Waals surface area contributed by atoms with Gasteiger partial charge in [-0.2, -0.15) is 0 Å². The van der Waals surface area contributed by atoms with Crippen LogP contribution in [0.3, 0.4) is 0 Å². The molecule has 3 N–H and O–H groups in total. The third kappa shape index (κ3) is 7.63. The largest absolute Gasteiger partial charge is 0.481 e. The Morgan fingerprint density at radius 1 is 1.05 bits per heavy atom. The van der Waals surface area contributed by atoms with E-state index in [1.807, 2.05) is 48.7 Å². The van der Waals surface area contributed by atoms with Crippen molar-refractivity contribution in [2.45, 2.75) is 45.7 Å². The van der Waals surface area contributed by atoms with Gasteiger partial charge in [0.15, 0.2) is 0 Å². The van der Waals surface area contributed by atoms with E-state index in [9.17, 15) is 19.2 Å². The molecule has 0 spiro atoms. The molecule has 0 fully saturated rings. The molecule has 0 bridgehead atoms. The number of carbonyl (C=O) groups is 4. The number of nitrogens with one attached hydrogen (secondary N) is 2. The van der Waals surface area contributed by atoms with Gasteiger partial charge in [0.05, 0.1) is 30.6 Å². The Labute approximate surface area is 215 Å². The van der Waals surface area contributed by atoms with Crippen molar-refractivity contribution in [2.75, 3.05) is 13.7 Å². The van der Waals surface area contributed by atoms with Crippen molar-refractivity contribution in [1.29, 1.82) is 0 Å². The smallest absolute Gasteiger partial charge is 0.325 e. The molecule has 0 saturated heterocycles. The number of imidazole rings is 1. The van der Waals surface area contributed by atoms with Crippen LogP contribution in [0, 0.1) is 5.92 Å². The topological polar surface area (TPSA) is 140 Å². The first kappa shape index (κ1) is 27.4. The van der Waals surface area contributed by atoms with Gasteiger partial charge < -0.3 is 25.0 Å². The number of amides is 2. The fourth-order valence-electron chi connectivity index (χ4n) is 4.00. The molecule has 1 unspecified atom stereocenters. The summed E-state index contributed by atoms with van der Waals surface area (Å²) in [4.78, 5) is 52.3. The van der Waals surface area contributed by atoms with Gasteiger partial charge in [-0.05, 0) is 36.1 Å². The molecule has 0 aliphatic heterocycles. The van der Waals surface area contributed by atoms with E-state index in [2.05, 4.69) is 15.4 Å². The zero-order valence-electron chi connectivity index (χ0n) is 21.2. The van der Waals surface area contributed by atoms with Crippen LogP contribution in [0.5, 0.6) is 0 Å². The van der Waals surface area contributed by atoms with E-state index in [-0.39, 0.29) is 31.2 Å². The average Bonchev–Trinajstić information content (AvgIpc) is 3.23. The minimum absolute atomic E-state index is 0.132. The van der Waals surface area contributed by atoms with Gasteiger partial charge in [-0.1, -0.05) is 44.2 Å². The third-order valence-electron chi connectivity index (χ3n) is 5.76. The summed E-state index contributed by atoms with van der Waals surface area (Å²) in [6.07, 6.45) is 0.196. The molecular formula is C27H32N4O6. The van der Waals surface area contributed by atoms with Crippen molar-refractivity contribution in [3.05, 3.63) is 65.5 Å². The number of aliphatic carboxylic acids is 1. The molecule has 1 aromatic heterocycles. The second-order valence-electron chi connectivity index (χ2n) is 9.15.